The molecule has 25 heavy (non-hydrogen) atoms. The lowest BCUT2D eigenvalue weighted by molar-refractivity contribution is 0.0771. The van der Waals surface area contributed by atoms with E-state index in [9.17, 15) is 4.79 Å². The molecule has 4 rings (SSSR count). The first kappa shape index (κ1) is 16.0. The molecule has 3 aromatic heterocycles. The number of carbonyl (C=O) groups excluding carboxylic acids is 1. The van der Waals surface area contributed by atoms with Gasteiger partial charge in [0.15, 0.2) is 5.76 Å². The van der Waals surface area contributed by atoms with Gasteiger partial charge in [0, 0.05) is 41.3 Å². The number of aryl methyl sites for hydroxylation is 1. The summed E-state index contributed by atoms with van der Waals surface area (Å²) in [6, 6.07) is 5.66. The van der Waals surface area contributed by atoms with Crippen LogP contribution in [-0.2, 0) is 19.4 Å². The van der Waals surface area contributed by atoms with Crippen LogP contribution in [-0.4, -0.2) is 28.0 Å². The molecule has 0 N–H and O–H groups in total. The molecule has 0 atom stereocenters. The molecule has 5 nitrogen and oxygen atoms in total. The molecule has 0 radical (unpaired) electrons. The first-order valence-electron chi connectivity index (χ1n) is 8.43. The molecular formula is C19H19N3O2S. The lowest BCUT2D eigenvalue weighted by atomic mass is 9.95. The minimum atomic E-state index is 0.0544. The molecule has 128 valence electrons. The van der Waals surface area contributed by atoms with Gasteiger partial charge in [-0.25, -0.2) is 0 Å². The minimum Gasteiger partial charge on any atom is -0.359 e. The predicted octanol–water partition coefficient (Wildman–Crippen LogP) is 3.95. The van der Waals surface area contributed by atoms with Crippen LogP contribution in [0.15, 0.2) is 40.5 Å². The normalized spacial score (nSPS) is 13.5. The van der Waals surface area contributed by atoms with E-state index < -0.39 is 0 Å². The molecule has 1 aliphatic carbocycles. The second-order valence-electron chi connectivity index (χ2n) is 6.34. The van der Waals surface area contributed by atoms with Gasteiger partial charge in [0.1, 0.15) is 5.69 Å². The highest BCUT2D eigenvalue weighted by Gasteiger charge is 2.23. The molecule has 0 saturated carbocycles. The number of aromatic nitrogens is 2. The van der Waals surface area contributed by atoms with Gasteiger partial charge in [-0.2, -0.15) is 0 Å². The zero-order valence-corrected chi connectivity index (χ0v) is 14.9. The third-order valence-electron chi connectivity index (χ3n) is 4.55. The fourth-order valence-electron chi connectivity index (χ4n) is 3.22. The Labute approximate surface area is 150 Å². The van der Waals surface area contributed by atoms with E-state index in [0.29, 0.717) is 12.3 Å². The summed E-state index contributed by atoms with van der Waals surface area (Å²) >= 11 is 1.72. The zero-order valence-electron chi connectivity index (χ0n) is 14.1. The van der Waals surface area contributed by atoms with Crippen LogP contribution in [0.2, 0.25) is 0 Å². The summed E-state index contributed by atoms with van der Waals surface area (Å²) in [5, 5.41) is 6.09. The summed E-state index contributed by atoms with van der Waals surface area (Å²) in [5.74, 6) is 0.720. The van der Waals surface area contributed by atoms with E-state index in [-0.39, 0.29) is 5.91 Å². The van der Waals surface area contributed by atoms with Crippen LogP contribution in [0.5, 0.6) is 0 Å². The van der Waals surface area contributed by atoms with Crippen LogP contribution < -0.4 is 0 Å². The third-order valence-corrected chi connectivity index (χ3v) is 5.64. The molecule has 0 fully saturated rings. The number of pyridine rings is 1. The maximum Gasteiger partial charge on any atom is 0.255 e. The van der Waals surface area contributed by atoms with Crippen molar-refractivity contribution in [2.75, 3.05) is 7.05 Å². The summed E-state index contributed by atoms with van der Waals surface area (Å²) in [4.78, 5) is 20.0. The molecule has 0 aromatic carbocycles. The predicted molar refractivity (Wildman–Crippen MR) is 96.5 cm³/mol. The van der Waals surface area contributed by atoms with E-state index in [1.807, 2.05) is 30.6 Å². The molecule has 0 saturated heterocycles. The average molecular weight is 353 g/mol. The Morgan fingerprint density at radius 2 is 2.24 bits per heavy atom. The van der Waals surface area contributed by atoms with Crippen LogP contribution in [0.3, 0.4) is 0 Å². The van der Waals surface area contributed by atoms with E-state index in [4.69, 9.17) is 4.52 Å². The van der Waals surface area contributed by atoms with Crippen LogP contribution in [0.4, 0.5) is 0 Å². The summed E-state index contributed by atoms with van der Waals surface area (Å²) in [6.07, 6.45) is 7.98. The highest BCUT2D eigenvalue weighted by atomic mass is 32.1. The van der Waals surface area contributed by atoms with E-state index in [2.05, 4.69) is 10.1 Å². The van der Waals surface area contributed by atoms with Crippen LogP contribution in [0.25, 0.3) is 11.3 Å². The number of fused-ring (bicyclic) bond motifs is 1. The first-order valence-corrected chi connectivity index (χ1v) is 9.31. The number of hydrogen-bond donors (Lipinski definition) is 0. The van der Waals surface area contributed by atoms with Crippen molar-refractivity contribution in [2.45, 2.75) is 32.2 Å². The minimum absolute atomic E-state index is 0.0544. The van der Waals surface area contributed by atoms with Gasteiger partial charge in [0.25, 0.3) is 5.91 Å². The second-order valence-corrected chi connectivity index (χ2v) is 7.30. The SMILES string of the molecule is CN(Cc1cc(-c2cccnc2)no1)C(=O)c1csc2c1CCCC2. The number of hydrogen-bond acceptors (Lipinski definition) is 5. The molecule has 0 bridgehead atoms. The molecule has 0 spiro atoms. The molecule has 1 aliphatic rings. The van der Waals surface area contributed by atoms with E-state index >= 15 is 0 Å². The van der Waals surface area contributed by atoms with Crippen molar-refractivity contribution >= 4 is 17.2 Å². The van der Waals surface area contributed by atoms with Gasteiger partial charge in [-0.05, 0) is 43.4 Å². The maximum absolute atomic E-state index is 12.8. The number of amides is 1. The van der Waals surface area contributed by atoms with Crippen LogP contribution in [0.1, 0.15) is 39.4 Å². The smallest absolute Gasteiger partial charge is 0.255 e. The van der Waals surface area contributed by atoms with Crippen LogP contribution >= 0.6 is 11.3 Å². The number of carbonyl (C=O) groups is 1. The van der Waals surface area contributed by atoms with Crippen molar-refractivity contribution in [3.8, 4) is 11.3 Å². The van der Waals surface area contributed by atoms with E-state index in [1.54, 1.807) is 28.6 Å². The highest BCUT2D eigenvalue weighted by Crippen LogP contribution is 2.31. The van der Waals surface area contributed by atoms with Gasteiger partial charge in [0.2, 0.25) is 0 Å². The Hall–Kier alpha value is -2.47. The maximum atomic E-state index is 12.8. The van der Waals surface area contributed by atoms with Gasteiger partial charge in [-0.3, -0.25) is 9.78 Å². The van der Waals surface area contributed by atoms with Gasteiger partial charge in [0.05, 0.1) is 12.1 Å². The lowest BCUT2D eigenvalue weighted by Gasteiger charge is -2.17. The molecule has 3 heterocycles. The Bertz CT molecular complexity index is 885. The molecule has 6 heteroatoms. The van der Waals surface area contributed by atoms with Crippen molar-refractivity contribution in [3.05, 3.63) is 57.7 Å². The summed E-state index contributed by atoms with van der Waals surface area (Å²) < 4.78 is 5.40. The van der Waals surface area contributed by atoms with Crippen molar-refractivity contribution < 1.29 is 9.32 Å². The fourth-order valence-corrected chi connectivity index (χ4v) is 4.34. The Kier molecular flexibility index (Phi) is 4.36. The number of nitrogens with zero attached hydrogens (tertiary/aromatic N) is 3. The Balaban J connectivity index is 1.49. The van der Waals surface area contributed by atoms with Crippen molar-refractivity contribution in [3.63, 3.8) is 0 Å². The summed E-state index contributed by atoms with van der Waals surface area (Å²) in [7, 11) is 1.81. The van der Waals surface area contributed by atoms with Gasteiger partial charge in [-0.15, -0.1) is 11.3 Å². The van der Waals surface area contributed by atoms with Gasteiger partial charge in [-0.1, -0.05) is 5.16 Å². The van der Waals surface area contributed by atoms with E-state index in [1.165, 1.54) is 23.3 Å². The number of rotatable bonds is 4. The standard InChI is InChI=1S/C19H19N3O2S/c1-22(19(23)16-12-25-18-7-3-2-6-15(16)18)11-14-9-17(21-24-14)13-5-4-8-20-10-13/h4-5,8-10,12H,2-3,6-7,11H2,1H3. The Morgan fingerprint density at radius 1 is 1.36 bits per heavy atom. The molecular weight excluding hydrogens is 334 g/mol. The highest BCUT2D eigenvalue weighted by molar-refractivity contribution is 7.10. The summed E-state index contributed by atoms with van der Waals surface area (Å²) in [6.45, 7) is 0.400. The fraction of sp³-hybridized carbons (Fsp3) is 0.316. The molecule has 3 aromatic rings. The third kappa shape index (κ3) is 3.22. The zero-order chi connectivity index (χ0) is 17.2. The average Bonchev–Trinajstić information content (AvgIpc) is 3.29. The topological polar surface area (TPSA) is 59.2 Å². The van der Waals surface area contributed by atoms with Crippen LogP contribution in [0, 0.1) is 0 Å². The quantitative estimate of drug-likeness (QED) is 0.712. The van der Waals surface area contributed by atoms with Crippen molar-refractivity contribution in [1.82, 2.24) is 15.0 Å². The Morgan fingerprint density at radius 3 is 3.08 bits per heavy atom. The van der Waals surface area contributed by atoms with Crippen molar-refractivity contribution in [1.29, 1.82) is 0 Å². The van der Waals surface area contributed by atoms with Crippen molar-refractivity contribution in [2.24, 2.45) is 0 Å². The molecule has 1 amide bonds. The molecule has 0 aliphatic heterocycles. The van der Waals surface area contributed by atoms with Gasteiger partial charge < -0.3 is 9.42 Å². The second kappa shape index (κ2) is 6.80. The first-order chi connectivity index (χ1) is 12.2. The van der Waals surface area contributed by atoms with E-state index in [0.717, 1.165) is 29.7 Å². The van der Waals surface area contributed by atoms with Gasteiger partial charge >= 0.3 is 0 Å². The largest absolute Gasteiger partial charge is 0.359 e. The summed E-state index contributed by atoms with van der Waals surface area (Å²) in [5.41, 5.74) is 3.74. The number of thiophene rings is 1. The monoisotopic (exact) mass is 353 g/mol. The molecule has 0 unspecified atom stereocenters. The lowest BCUT2D eigenvalue weighted by Crippen LogP contribution is -2.26.